The average molecular weight is 187 g/mol. The Labute approximate surface area is 73.9 Å². The third kappa shape index (κ3) is 1.12. The van der Waals surface area contributed by atoms with Crippen molar-refractivity contribution in [2.24, 2.45) is 0 Å². The summed E-state index contributed by atoms with van der Waals surface area (Å²) >= 11 is 11.4. The van der Waals surface area contributed by atoms with Gasteiger partial charge in [-0.2, -0.15) is 0 Å². The first kappa shape index (κ1) is 7.07. The number of allylic oxidation sites excluding steroid dienone is 1. The molecule has 4 heteroatoms. The number of fused-ring (bicyclic) bond motifs is 1. The van der Waals surface area contributed by atoms with Crippen molar-refractivity contribution in [1.29, 1.82) is 0 Å². The van der Waals surface area contributed by atoms with Crippen molar-refractivity contribution in [2.75, 3.05) is 0 Å². The van der Waals surface area contributed by atoms with E-state index < -0.39 is 0 Å². The van der Waals surface area contributed by atoms with Crippen molar-refractivity contribution in [3.05, 3.63) is 27.8 Å². The Hall–Kier alpha value is -0.600. The molecule has 0 amide bonds. The molecule has 0 saturated heterocycles. The number of hydrogen-bond acceptors (Lipinski definition) is 2. The van der Waals surface area contributed by atoms with Gasteiger partial charge in [0.25, 0.3) is 0 Å². The minimum atomic E-state index is 0.220. The van der Waals surface area contributed by atoms with Crippen LogP contribution < -0.4 is 0 Å². The predicted molar refractivity (Wildman–Crippen MR) is 44.8 cm³/mol. The molecule has 0 aromatic carbocycles. The standard InChI is InChI=1S/C7H4Cl2N2/c8-6-4-2-1-3-5(4)10-7(9)11-6/h1-2H,3H2. The molecule has 0 fully saturated rings. The maximum Gasteiger partial charge on any atom is 0.224 e. The molecule has 1 aliphatic carbocycles. The summed E-state index contributed by atoms with van der Waals surface area (Å²) in [6.07, 6.45) is 4.70. The van der Waals surface area contributed by atoms with Crippen LogP contribution in [-0.2, 0) is 6.42 Å². The fraction of sp³-hybridized carbons (Fsp3) is 0.143. The highest BCUT2D eigenvalue weighted by Gasteiger charge is 2.12. The van der Waals surface area contributed by atoms with Gasteiger partial charge in [-0.15, -0.1) is 0 Å². The Kier molecular flexibility index (Phi) is 1.59. The lowest BCUT2D eigenvalue weighted by atomic mass is 10.3. The molecule has 56 valence electrons. The third-order valence-corrected chi connectivity index (χ3v) is 2.00. The SMILES string of the molecule is Clc1nc(Cl)c2c(n1)CC=C2. The van der Waals surface area contributed by atoms with Crippen LogP contribution in [0, 0.1) is 0 Å². The van der Waals surface area contributed by atoms with E-state index in [-0.39, 0.29) is 5.28 Å². The fourth-order valence-corrected chi connectivity index (χ4v) is 1.55. The molecule has 1 heterocycles. The van der Waals surface area contributed by atoms with Crippen LogP contribution in [0.5, 0.6) is 0 Å². The van der Waals surface area contributed by atoms with Crippen molar-refractivity contribution in [3.8, 4) is 0 Å². The summed E-state index contributed by atoms with van der Waals surface area (Å²) in [6.45, 7) is 0. The molecule has 2 rings (SSSR count). The summed E-state index contributed by atoms with van der Waals surface area (Å²) in [7, 11) is 0. The first-order valence-corrected chi connectivity index (χ1v) is 3.91. The van der Waals surface area contributed by atoms with Crippen molar-refractivity contribution < 1.29 is 0 Å². The molecule has 2 nitrogen and oxygen atoms in total. The molecular weight excluding hydrogens is 183 g/mol. The van der Waals surface area contributed by atoms with Gasteiger partial charge in [-0.05, 0) is 11.6 Å². The van der Waals surface area contributed by atoms with E-state index in [0.717, 1.165) is 17.7 Å². The molecule has 1 aliphatic rings. The number of nitrogens with zero attached hydrogens (tertiary/aromatic N) is 2. The lowest BCUT2D eigenvalue weighted by Gasteiger charge is -1.98. The average Bonchev–Trinajstić information content (AvgIpc) is 2.34. The summed E-state index contributed by atoms with van der Waals surface area (Å²) in [6, 6.07) is 0. The molecule has 0 atom stereocenters. The molecule has 1 aromatic rings. The lowest BCUT2D eigenvalue weighted by molar-refractivity contribution is 1.06. The monoisotopic (exact) mass is 186 g/mol. The Morgan fingerprint density at radius 1 is 1.27 bits per heavy atom. The van der Waals surface area contributed by atoms with E-state index in [4.69, 9.17) is 23.2 Å². The first-order chi connectivity index (χ1) is 5.27. The van der Waals surface area contributed by atoms with E-state index in [1.54, 1.807) is 0 Å². The number of aromatic nitrogens is 2. The Bertz CT molecular complexity index is 333. The topological polar surface area (TPSA) is 25.8 Å². The molecule has 0 N–H and O–H groups in total. The summed E-state index contributed by atoms with van der Waals surface area (Å²) in [5.74, 6) is 0. The first-order valence-electron chi connectivity index (χ1n) is 3.16. The van der Waals surface area contributed by atoms with E-state index in [0.29, 0.717) is 5.15 Å². The van der Waals surface area contributed by atoms with Gasteiger partial charge in [0.2, 0.25) is 5.28 Å². The zero-order chi connectivity index (χ0) is 7.84. The zero-order valence-corrected chi connectivity index (χ0v) is 7.02. The van der Waals surface area contributed by atoms with Crippen LogP contribution in [0.3, 0.4) is 0 Å². The van der Waals surface area contributed by atoms with Crippen LogP contribution in [0.25, 0.3) is 6.08 Å². The second-order valence-corrected chi connectivity index (χ2v) is 2.95. The van der Waals surface area contributed by atoms with Crippen LogP contribution in [0.15, 0.2) is 6.08 Å². The third-order valence-electron chi connectivity index (χ3n) is 1.55. The van der Waals surface area contributed by atoms with Crippen LogP contribution in [0.2, 0.25) is 10.4 Å². The molecule has 0 unspecified atom stereocenters. The molecule has 1 aromatic heterocycles. The van der Waals surface area contributed by atoms with Gasteiger partial charge in [-0.25, -0.2) is 9.97 Å². The summed E-state index contributed by atoms with van der Waals surface area (Å²) in [5.41, 5.74) is 1.81. The normalized spacial score (nSPS) is 13.6. The molecular formula is C7H4Cl2N2. The van der Waals surface area contributed by atoms with Crippen LogP contribution in [0.1, 0.15) is 11.3 Å². The van der Waals surface area contributed by atoms with Gasteiger partial charge in [-0.3, -0.25) is 0 Å². The van der Waals surface area contributed by atoms with Crippen LogP contribution >= 0.6 is 23.2 Å². The molecule has 11 heavy (non-hydrogen) atoms. The quantitative estimate of drug-likeness (QED) is 0.460. The Morgan fingerprint density at radius 3 is 2.91 bits per heavy atom. The van der Waals surface area contributed by atoms with Gasteiger partial charge in [0.05, 0.1) is 5.69 Å². The zero-order valence-electron chi connectivity index (χ0n) is 5.51. The van der Waals surface area contributed by atoms with E-state index in [1.165, 1.54) is 0 Å². The Balaban J connectivity index is 2.67. The largest absolute Gasteiger partial charge is 0.224 e. The van der Waals surface area contributed by atoms with Gasteiger partial charge in [-0.1, -0.05) is 23.8 Å². The van der Waals surface area contributed by atoms with Gasteiger partial charge >= 0.3 is 0 Å². The molecule has 0 aliphatic heterocycles. The molecule has 0 saturated carbocycles. The second-order valence-electron chi connectivity index (χ2n) is 2.25. The van der Waals surface area contributed by atoms with E-state index in [1.807, 2.05) is 12.2 Å². The summed E-state index contributed by atoms with van der Waals surface area (Å²) < 4.78 is 0. The van der Waals surface area contributed by atoms with E-state index >= 15 is 0 Å². The maximum absolute atomic E-state index is 5.79. The number of halogens is 2. The van der Waals surface area contributed by atoms with Gasteiger partial charge in [0, 0.05) is 12.0 Å². The lowest BCUT2D eigenvalue weighted by Crippen LogP contribution is -1.92. The van der Waals surface area contributed by atoms with Gasteiger partial charge in [0.1, 0.15) is 5.15 Å². The molecule has 0 spiro atoms. The fourth-order valence-electron chi connectivity index (χ4n) is 1.07. The van der Waals surface area contributed by atoms with Crippen molar-refractivity contribution in [2.45, 2.75) is 6.42 Å². The smallest absolute Gasteiger partial charge is 0.222 e. The highest BCUT2D eigenvalue weighted by Crippen LogP contribution is 2.24. The van der Waals surface area contributed by atoms with Crippen molar-refractivity contribution in [1.82, 2.24) is 9.97 Å². The second kappa shape index (κ2) is 2.47. The Morgan fingerprint density at radius 2 is 2.09 bits per heavy atom. The van der Waals surface area contributed by atoms with Crippen LogP contribution in [0.4, 0.5) is 0 Å². The summed E-state index contributed by atoms with van der Waals surface area (Å²) in [5, 5.41) is 0.659. The van der Waals surface area contributed by atoms with E-state index in [9.17, 15) is 0 Å². The van der Waals surface area contributed by atoms with Gasteiger partial charge in [0.15, 0.2) is 0 Å². The maximum atomic E-state index is 5.79. The predicted octanol–water partition coefficient (Wildman–Crippen LogP) is 2.35. The minimum absolute atomic E-state index is 0.220. The molecule has 0 radical (unpaired) electrons. The summed E-state index contributed by atoms with van der Waals surface area (Å²) in [4.78, 5) is 7.84. The molecule has 0 bridgehead atoms. The van der Waals surface area contributed by atoms with Crippen LogP contribution in [-0.4, -0.2) is 9.97 Å². The number of hydrogen-bond donors (Lipinski definition) is 0. The van der Waals surface area contributed by atoms with Crippen molar-refractivity contribution >= 4 is 29.3 Å². The highest BCUT2D eigenvalue weighted by molar-refractivity contribution is 6.33. The van der Waals surface area contributed by atoms with E-state index in [2.05, 4.69) is 9.97 Å². The number of rotatable bonds is 0. The van der Waals surface area contributed by atoms with Gasteiger partial charge < -0.3 is 0 Å². The van der Waals surface area contributed by atoms with Crippen molar-refractivity contribution in [3.63, 3.8) is 0 Å². The minimum Gasteiger partial charge on any atom is -0.222 e. The highest BCUT2D eigenvalue weighted by atomic mass is 35.5.